The van der Waals surface area contributed by atoms with Gasteiger partial charge in [-0.1, -0.05) is 0 Å². The van der Waals surface area contributed by atoms with Crippen molar-refractivity contribution in [2.24, 2.45) is 0 Å². The number of rotatable bonds is 5. The van der Waals surface area contributed by atoms with Gasteiger partial charge in [0.25, 0.3) is 0 Å². The highest BCUT2D eigenvalue weighted by Crippen LogP contribution is 2.03. The Hall–Kier alpha value is -0.120. The predicted molar refractivity (Wildman–Crippen MR) is 38.6 cm³/mol. The van der Waals surface area contributed by atoms with Gasteiger partial charge in [0.05, 0.1) is 12.2 Å². The molecule has 0 aromatic rings. The van der Waals surface area contributed by atoms with Crippen LogP contribution < -0.4 is 0 Å². The van der Waals surface area contributed by atoms with E-state index in [9.17, 15) is 0 Å². The van der Waals surface area contributed by atoms with E-state index < -0.39 is 6.10 Å². The lowest BCUT2D eigenvalue weighted by atomic mass is 10.1. The quantitative estimate of drug-likeness (QED) is 0.510. The molecule has 0 aliphatic heterocycles. The van der Waals surface area contributed by atoms with Gasteiger partial charge in [0, 0.05) is 6.61 Å². The van der Waals surface area contributed by atoms with Crippen LogP contribution in [-0.4, -0.2) is 34.1 Å². The van der Waals surface area contributed by atoms with Gasteiger partial charge in [-0.3, -0.25) is 0 Å². The van der Waals surface area contributed by atoms with Crippen LogP contribution >= 0.6 is 0 Å². The van der Waals surface area contributed by atoms with Gasteiger partial charge in [-0.2, -0.15) is 0 Å². The molecule has 0 amide bonds. The molecule has 0 radical (unpaired) electrons. The fraction of sp³-hybridized carbons (Fsp3) is 1.00. The van der Waals surface area contributed by atoms with Crippen LogP contribution in [-0.2, 0) is 0 Å². The first-order chi connectivity index (χ1) is 4.66. The third-order valence-electron chi connectivity index (χ3n) is 1.38. The summed E-state index contributed by atoms with van der Waals surface area (Å²) in [5, 5.41) is 26.2. The highest BCUT2D eigenvalue weighted by atomic mass is 16.3. The van der Waals surface area contributed by atoms with Crippen molar-refractivity contribution >= 4 is 0 Å². The maximum Gasteiger partial charge on any atom is 0.0563 e. The normalized spacial score (nSPS) is 16.8. The highest BCUT2D eigenvalue weighted by molar-refractivity contribution is 4.57. The number of aliphatic hydroxyl groups is 3. The standard InChI is InChI=1S/C7H16O3/c1-6(9)2-3-7(10)4-5-8/h6-10H,2-5H2,1H3. The van der Waals surface area contributed by atoms with Crippen molar-refractivity contribution < 1.29 is 15.3 Å². The van der Waals surface area contributed by atoms with Crippen LogP contribution in [0.4, 0.5) is 0 Å². The highest BCUT2D eigenvalue weighted by Gasteiger charge is 2.04. The second kappa shape index (κ2) is 5.65. The van der Waals surface area contributed by atoms with E-state index in [4.69, 9.17) is 15.3 Å². The Morgan fingerprint density at radius 2 is 1.70 bits per heavy atom. The zero-order chi connectivity index (χ0) is 7.98. The van der Waals surface area contributed by atoms with E-state index in [1.54, 1.807) is 6.92 Å². The van der Waals surface area contributed by atoms with Crippen LogP contribution in [0.3, 0.4) is 0 Å². The molecule has 0 aromatic heterocycles. The van der Waals surface area contributed by atoms with Crippen molar-refractivity contribution in [3.63, 3.8) is 0 Å². The van der Waals surface area contributed by atoms with E-state index in [0.29, 0.717) is 19.3 Å². The molecular weight excluding hydrogens is 132 g/mol. The van der Waals surface area contributed by atoms with Gasteiger partial charge >= 0.3 is 0 Å². The third kappa shape index (κ3) is 6.01. The van der Waals surface area contributed by atoms with E-state index in [1.807, 2.05) is 0 Å². The lowest BCUT2D eigenvalue weighted by Gasteiger charge is -2.09. The zero-order valence-corrected chi connectivity index (χ0v) is 6.32. The van der Waals surface area contributed by atoms with Gasteiger partial charge in [0.1, 0.15) is 0 Å². The molecule has 0 fully saturated rings. The van der Waals surface area contributed by atoms with E-state index in [2.05, 4.69) is 0 Å². The lowest BCUT2D eigenvalue weighted by molar-refractivity contribution is 0.0998. The summed E-state index contributed by atoms with van der Waals surface area (Å²) in [6, 6.07) is 0. The molecule has 0 heterocycles. The number of hydrogen-bond acceptors (Lipinski definition) is 3. The minimum atomic E-state index is -0.459. The summed E-state index contributed by atoms with van der Waals surface area (Å²) < 4.78 is 0. The van der Waals surface area contributed by atoms with Crippen molar-refractivity contribution in [1.82, 2.24) is 0 Å². The van der Waals surface area contributed by atoms with Crippen molar-refractivity contribution in [3.05, 3.63) is 0 Å². The van der Waals surface area contributed by atoms with Gasteiger partial charge in [-0.25, -0.2) is 0 Å². The first-order valence-corrected chi connectivity index (χ1v) is 3.63. The Kier molecular flexibility index (Phi) is 5.58. The molecule has 0 aliphatic rings. The molecule has 0 aliphatic carbocycles. The molecule has 2 unspecified atom stereocenters. The molecule has 0 spiro atoms. The Bertz CT molecular complexity index is 73.3. The Balaban J connectivity index is 3.12. The number of hydrogen-bond donors (Lipinski definition) is 3. The molecule has 3 nitrogen and oxygen atoms in total. The Morgan fingerprint density at radius 3 is 2.10 bits per heavy atom. The second-order valence-corrected chi connectivity index (χ2v) is 2.59. The second-order valence-electron chi connectivity index (χ2n) is 2.59. The molecule has 10 heavy (non-hydrogen) atoms. The van der Waals surface area contributed by atoms with Crippen LogP contribution in [0.1, 0.15) is 26.2 Å². The van der Waals surface area contributed by atoms with Gasteiger partial charge < -0.3 is 15.3 Å². The maximum absolute atomic E-state index is 9.03. The molecule has 0 rings (SSSR count). The maximum atomic E-state index is 9.03. The average molecular weight is 148 g/mol. The summed E-state index contributed by atoms with van der Waals surface area (Å²) in [6.07, 6.45) is 0.763. The SMILES string of the molecule is CC(O)CCC(O)CCO. The predicted octanol–water partition coefficient (Wildman–Crippen LogP) is -0.109. The van der Waals surface area contributed by atoms with Crippen molar-refractivity contribution in [2.75, 3.05) is 6.61 Å². The van der Waals surface area contributed by atoms with Gasteiger partial charge in [-0.15, -0.1) is 0 Å². The molecular formula is C7H16O3. The summed E-state index contributed by atoms with van der Waals surface area (Å²) in [5.41, 5.74) is 0. The third-order valence-corrected chi connectivity index (χ3v) is 1.38. The topological polar surface area (TPSA) is 60.7 Å². The van der Waals surface area contributed by atoms with Crippen LogP contribution in [0.5, 0.6) is 0 Å². The first-order valence-electron chi connectivity index (χ1n) is 3.63. The minimum Gasteiger partial charge on any atom is -0.396 e. The molecule has 0 saturated heterocycles. The molecule has 3 N–H and O–H groups in total. The van der Waals surface area contributed by atoms with Crippen LogP contribution in [0.25, 0.3) is 0 Å². The van der Waals surface area contributed by atoms with Gasteiger partial charge in [0.15, 0.2) is 0 Å². The molecule has 0 aromatic carbocycles. The van der Waals surface area contributed by atoms with E-state index in [0.717, 1.165) is 0 Å². The Labute approximate surface area is 61.3 Å². The summed E-state index contributed by atoms with van der Waals surface area (Å²) in [5.74, 6) is 0. The first kappa shape index (κ1) is 9.88. The van der Waals surface area contributed by atoms with Crippen LogP contribution in [0.15, 0.2) is 0 Å². The lowest BCUT2D eigenvalue weighted by Crippen LogP contribution is -2.12. The van der Waals surface area contributed by atoms with Gasteiger partial charge in [0.2, 0.25) is 0 Å². The van der Waals surface area contributed by atoms with E-state index >= 15 is 0 Å². The molecule has 0 saturated carbocycles. The fourth-order valence-corrected chi connectivity index (χ4v) is 0.727. The fourth-order valence-electron chi connectivity index (χ4n) is 0.727. The molecule has 0 bridgehead atoms. The van der Waals surface area contributed by atoms with E-state index in [1.165, 1.54) is 0 Å². The molecule has 2 atom stereocenters. The monoisotopic (exact) mass is 148 g/mol. The molecule has 62 valence electrons. The zero-order valence-electron chi connectivity index (χ0n) is 6.32. The molecule has 3 heteroatoms. The minimum absolute atomic E-state index is 0.0149. The summed E-state index contributed by atoms with van der Waals surface area (Å²) in [4.78, 5) is 0. The van der Waals surface area contributed by atoms with E-state index in [-0.39, 0.29) is 12.7 Å². The van der Waals surface area contributed by atoms with Crippen molar-refractivity contribution in [1.29, 1.82) is 0 Å². The van der Waals surface area contributed by atoms with Gasteiger partial charge in [-0.05, 0) is 26.2 Å². The van der Waals surface area contributed by atoms with Crippen molar-refractivity contribution in [2.45, 2.75) is 38.4 Å². The number of aliphatic hydroxyl groups excluding tert-OH is 3. The van der Waals surface area contributed by atoms with Crippen LogP contribution in [0.2, 0.25) is 0 Å². The van der Waals surface area contributed by atoms with Crippen LogP contribution in [0, 0.1) is 0 Å². The smallest absolute Gasteiger partial charge is 0.0563 e. The summed E-state index contributed by atoms with van der Waals surface area (Å²) in [6.45, 7) is 1.70. The summed E-state index contributed by atoms with van der Waals surface area (Å²) >= 11 is 0. The Morgan fingerprint density at radius 1 is 1.10 bits per heavy atom. The largest absolute Gasteiger partial charge is 0.396 e. The average Bonchev–Trinajstić information content (AvgIpc) is 1.85. The van der Waals surface area contributed by atoms with Crippen molar-refractivity contribution in [3.8, 4) is 0 Å². The summed E-state index contributed by atoms with van der Waals surface area (Å²) in [7, 11) is 0.